The van der Waals surface area contributed by atoms with Gasteiger partial charge in [-0.15, -0.1) is 0 Å². The second-order valence-electron chi connectivity index (χ2n) is 3.61. The number of imide groups is 1. The molecule has 5 nitrogen and oxygen atoms in total. The van der Waals surface area contributed by atoms with Gasteiger partial charge in [0.2, 0.25) is 5.91 Å². The average molecular weight is 248 g/mol. The summed E-state index contributed by atoms with van der Waals surface area (Å²) in [4.78, 5) is 22.3. The minimum atomic E-state index is -0.442. The predicted molar refractivity (Wildman–Crippen MR) is 65.4 cm³/mol. The summed E-state index contributed by atoms with van der Waals surface area (Å²) >= 11 is 1.41. The van der Waals surface area contributed by atoms with E-state index < -0.39 is 6.03 Å². The third-order valence-corrected chi connectivity index (χ3v) is 3.01. The molecule has 0 aliphatic rings. The molecule has 3 amide bonds. The van der Waals surface area contributed by atoms with Crippen molar-refractivity contribution in [2.75, 3.05) is 24.7 Å². The maximum absolute atomic E-state index is 11.2. The first-order chi connectivity index (χ1) is 7.60. The minimum Gasteiger partial charge on any atom is -0.396 e. The molecular weight excluding hydrogens is 228 g/mol. The maximum Gasteiger partial charge on any atom is 0.321 e. The fourth-order valence-corrected chi connectivity index (χ4v) is 1.73. The van der Waals surface area contributed by atoms with Crippen molar-refractivity contribution in [3.8, 4) is 0 Å². The van der Waals surface area contributed by atoms with Gasteiger partial charge in [-0.3, -0.25) is 10.1 Å². The highest BCUT2D eigenvalue weighted by Crippen LogP contribution is 2.06. The zero-order valence-electron chi connectivity index (χ0n) is 9.78. The van der Waals surface area contributed by atoms with E-state index in [0.717, 1.165) is 6.42 Å². The normalized spacial score (nSPS) is 11.9. The zero-order chi connectivity index (χ0) is 12.4. The molecule has 0 saturated carbocycles. The van der Waals surface area contributed by atoms with Crippen LogP contribution >= 0.6 is 11.8 Å². The molecule has 1 atom stereocenters. The molecule has 0 aliphatic carbocycles. The van der Waals surface area contributed by atoms with E-state index in [-0.39, 0.29) is 24.2 Å². The number of rotatable bonds is 7. The lowest BCUT2D eigenvalue weighted by atomic mass is 10.2. The molecule has 6 heteroatoms. The van der Waals surface area contributed by atoms with E-state index in [2.05, 4.69) is 10.6 Å². The molecule has 0 aromatic heterocycles. The summed E-state index contributed by atoms with van der Waals surface area (Å²) in [5.41, 5.74) is 0. The number of hydrogen-bond acceptors (Lipinski definition) is 4. The number of thioether (sulfide) groups is 1. The number of aliphatic hydroxyl groups excluding tert-OH is 1. The predicted octanol–water partition coefficient (Wildman–Crippen LogP) is 0.584. The third-order valence-electron chi connectivity index (χ3n) is 1.74. The second-order valence-corrected chi connectivity index (χ2v) is 4.64. The molecule has 0 aromatic carbocycles. The Bertz CT molecular complexity index is 224. The molecule has 0 fully saturated rings. The molecule has 0 spiro atoms. The Kier molecular flexibility index (Phi) is 9.03. The van der Waals surface area contributed by atoms with Crippen LogP contribution in [0.5, 0.6) is 0 Å². The topological polar surface area (TPSA) is 78.4 Å². The molecule has 0 aromatic rings. The van der Waals surface area contributed by atoms with Crippen molar-refractivity contribution in [1.29, 1.82) is 0 Å². The number of carbonyl (C=O) groups excluding carboxylic acids is 2. The van der Waals surface area contributed by atoms with E-state index in [9.17, 15) is 9.59 Å². The Labute approximate surface area is 100 Å². The van der Waals surface area contributed by atoms with Crippen LogP contribution in [0.25, 0.3) is 0 Å². The van der Waals surface area contributed by atoms with Crippen molar-refractivity contribution in [3.63, 3.8) is 0 Å². The summed E-state index contributed by atoms with van der Waals surface area (Å²) in [6, 6.07) is -0.442. The van der Waals surface area contributed by atoms with Gasteiger partial charge in [-0.2, -0.15) is 11.8 Å². The summed E-state index contributed by atoms with van der Waals surface area (Å²) < 4.78 is 0. The number of carbonyl (C=O) groups is 2. The lowest BCUT2D eigenvalue weighted by molar-refractivity contribution is -0.117. The fourth-order valence-electron chi connectivity index (χ4n) is 0.851. The van der Waals surface area contributed by atoms with Crippen LogP contribution in [0, 0.1) is 5.92 Å². The first kappa shape index (κ1) is 15.2. The smallest absolute Gasteiger partial charge is 0.321 e. The van der Waals surface area contributed by atoms with Crippen molar-refractivity contribution in [3.05, 3.63) is 0 Å². The van der Waals surface area contributed by atoms with Gasteiger partial charge in [0.1, 0.15) is 0 Å². The monoisotopic (exact) mass is 248 g/mol. The van der Waals surface area contributed by atoms with Gasteiger partial charge in [0.15, 0.2) is 0 Å². The molecule has 3 N–H and O–H groups in total. The molecule has 16 heavy (non-hydrogen) atoms. The van der Waals surface area contributed by atoms with Crippen molar-refractivity contribution in [2.24, 2.45) is 5.92 Å². The standard InChI is InChI=1S/C10H20N2O3S/c1-3-4-11-10(15)12-9(14)7-16-6-8(2)5-13/h8,13H,3-7H2,1-2H3,(H2,11,12,14,15). The highest BCUT2D eigenvalue weighted by Gasteiger charge is 2.07. The number of amides is 3. The van der Waals surface area contributed by atoms with Crippen LogP contribution in [0.3, 0.4) is 0 Å². The van der Waals surface area contributed by atoms with Crippen LogP contribution in [0.4, 0.5) is 4.79 Å². The Morgan fingerprint density at radius 1 is 1.44 bits per heavy atom. The van der Waals surface area contributed by atoms with Crippen molar-refractivity contribution in [2.45, 2.75) is 20.3 Å². The van der Waals surface area contributed by atoms with E-state index >= 15 is 0 Å². The van der Waals surface area contributed by atoms with Crippen LogP contribution in [-0.4, -0.2) is 41.7 Å². The summed E-state index contributed by atoms with van der Waals surface area (Å²) in [7, 11) is 0. The lowest BCUT2D eigenvalue weighted by Gasteiger charge is -2.07. The molecular formula is C10H20N2O3S. The first-order valence-electron chi connectivity index (χ1n) is 5.36. The van der Waals surface area contributed by atoms with E-state index in [0.29, 0.717) is 12.3 Å². The van der Waals surface area contributed by atoms with Crippen LogP contribution in [0.2, 0.25) is 0 Å². The molecule has 0 aliphatic heterocycles. The largest absolute Gasteiger partial charge is 0.396 e. The van der Waals surface area contributed by atoms with Crippen molar-refractivity contribution in [1.82, 2.24) is 10.6 Å². The van der Waals surface area contributed by atoms with Gasteiger partial charge in [-0.1, -0.05) is 13.8 Å². The van der Waals surface area contributed by atoms with Crippen molar-refractivity contribution < 1.29 is 14.7 Å². The highest BCUT2D eigenvalue weighted by molar-refractivity contribution is 7.99. The van der Waals surface area contributed by atoms with E-state index in [1.165, 1.54) is 11.8 Å². The Morgan fingerprint density at radius 3 is 2.69 bits per heavy atom. The number of nitrogens with one attached hydrogen (secondary N) is 2. The van der Waals surface area contributed by atoms with E-state index in [1.54, 1.807) is 0 Å². The third kappa shape index (κ3) is 8.55. The highest BCUT2D eigenvalue weighted by atomic mass is 32.2. The van der Waals surface area contributed by atoms with Gasteiger partial charge in [-0.05, 0) is 18.1 Å². The maximum atomic E-state index is 11.2. The van der Waals surface area contributed by atoms with Crippen LogP contribution in [0.15, 0.2) is 0 Å². The van der Waals surface area contributed by atoms with Crippen LogP contribution < -0.4 is 10.6 Å². The average Bonchev–Trinajstić information content (AvgIpc) is 2.25. The number of hydrogen-bond donors (Lipinski definition) is 3. The van der Waals surface area contributed by atoms with Gasteiger partial charge < -0.3 is 10.4 Å². The van der Waals surface area contributed by atoms with Crippen molar-refractivity contribution >= 4 is 23.7 Å². The van der Waals surface area contributed by atoms with E-state index in [1.807, 2.05) is 13.8 Å². The molecule has 0 radical (unpaired) electrons. The second kappa shape index (κ2) is 9.47. The van der Waals surface area contributed by atoms with Gasteiger partial charge in [0, 0.05) is 13.2 Å². The molecule has 0 bridgehead atoms. The number of urea groups is 1. The molecule has 94 valence electrons. The molecule has 0 heterocycles. The quantitative estimate of drug-likeness (QED) is 0.616. The van der Waals surface area contributed by atoms with Crippen LogP contribution in [0.1, 0.15) is 20.3 Å². The van der Waals surface area contributed by atoms with Gasteiger partial charge >= 0.3 is 6.03 Å². The molecule has 0 rings (SSSR count). The summed E-state index contributed by atoms with van der Waals surface area (Å²) in [6.07, 6.45) is 0.838. The zero-order valence-corrected chi connectivity index (χ0v) is 10.6. The van der Waals surface area contributed by atoms with Crippen LogP contribution in [-0.2, 0) is 4.79 Å². The Morgan fingerprint density at radius 2 is 2.12 bits per heavy atom. The molecule has 1 unspecified atom stereocenters. The first-order valence-corrected chi connectivity index (χ1v) is 6.51. The number of aliphatic hydroxyl groups is 1. The van der Waals surface area contributed by atoms with E-state index in [4.69, 9.17) is 5.11 Å². The summed E-state index contributed by atoms with van der Waals surface area (Å²) in [5.74, 6) is 0.820. The fraction of sp³-hybridized carbons (Fsp3) is 0.800. The summed E-state index contributed by atoms with van der Waals surface area (Å²) in [6.45, 7) is 4.52. The Balaban J connectivity index is 3.54. The van der Waals surface area contributed by atoms with Gasteiger partial charge in [-0.25, -0.2) is 4.79 Å². The van der Waals surface area contributed by atoms with Gasteiger partial charge in [0.25, 0.3) is 0 Å². The Hall–Kier alpha value is -0.750. The van der Waals surface area contributed by atoms with Gasteiger partial charge in [0.05, 0.1) is 5.75 Å². The minimum absolute atomic E-state index is 0.117. The SMILES string of the molecule is CCCNC(=O)NC(=O)CSCC(C)CO. The lowest BCUT2D eigenvalue weighted by Crippen LogP contribution is -2.40. The summed E-state index contributed by atoms with van der Waals surface area (Å²) in [5, 5.41) is 13.6. The molecule has 0 saturated heterocycles.